The fourth-order valence-electron chi connectivity index (χ4n) is 1.69. The molecule has 0 saturated heterocycles. The lowest BCUT2D eigenvalue weighted by Gasteiger charge is -2.13. The Morgan fingerprint density at radius 1 is 1.65 bits per heavy atom. The number of nitrogens with zero attached hydrogens (tertiary/aromatic N) is 2. The summed E-state index contributed by atoms with van der Waals surface area (Å²) in [7, 11) is 1.81. The van der Waals surface area contributed by atoms with Crippen LogP contribution < -0.4 is 5.32 Å². The Labute approximate surface area is 102 Å². The van der Waals surface area contributed by atoms with Gasteiger partial charge in [-0.3, -0.25) is 9.48 Å². The van der Waals surface area contributed by atoms with Gasteiger partial charge in [0.15, 0.2) is 0 Å². The average molecular weight is 233 g/mol. The van der Waals surface area contributed by atoms with Crippen LogP contribution in [-0.2, 0) is 13.5 Å². The van der Waals surface area contributed by atoms with Gasteiger partial charge in [0.1, 0.15) is 0 Å². The molecule has 1 heterocycles. The van der Waals surface area contributed by atoms with Crippen LogP contribution in [0.2, 0.25) is 0 Å². The molecule has 1 atom stereocenters. The van der Waals surface area contributed by atoms with E-state index in [1.165, 1.54) is 0 Å². The van der Waals surface area contributed by atoms with Crippen molar-refractivity contribution in [1.82, 2.24) is 15.1 Å². The number of hydrogen-bond donors (Lipinski definition) is 1. The van der Waals surface area contributed by atoms with Gasteiger partial charge >= 0.3 is 0 Å². The van der Waals surface area contributed by atoms with Crippen molar-refractivity contribution < 1.29 is 4.79 Å². The molecule has 92 valence electrons. The van der Waals surface area contributed by atoms with Gasteiger partial charge in [0.05, 0.1) is 11.3 Å². The van der Waals surface area contributed by atoms with Crippen molar-refractivity contribution in [2.24, 2.45) is 7.05 Å². The Balaban J connectivity index is 2.78. The zero-order valence-corrected chi connectivity index (χ0v) is 10.7. The molecule has 1 amide bonds. The number of hydrogen-bond acceptors (Lipinski definition) is 2. The van der Waals surface area contributed by atoms with Crippen molar-refractivity contribution in [2.75, 3.05) is 0 Å². The van der Waals surface area contributed by atoms with Crippen molar-refractivity contribution >= 4 is 5.91 Å². The molecule has 1 aromatic rings. The average Bonchev–Trinajstić information content (AvgIpc) is 2.69. The largest absolute Gasteiger partial charge is 0.348 e. The summed E-state index contributed by atoms with van der Waals surface area (Å²) in [6, 6.07) is 0.0393. The molecule has 0 bridgehead atoms. The molecule has 0 aliphatic rings. The van der Waals surface area contributed by atoms with Crippen LogP contribution in [-0.4, -0.2) is 21.7 Å². The summed E-state index contributed by atoms with van der Waals surface area (Å²) >= 11 is 0. The lowest BCUT2D eigenvalue weighted by molar-refractivity contribution is 0.0935. The van der Waals surface area contributed by atoms with E-state index in [0.29, 0.717) is 12.0 Å². The van der Waals surface area contributed by atoms with Crippen LogP contribution in [0.3, 0.4) is 0 Å². The molecule has 0 spiro atoms. The lowest BCUT2D eigenvalue weighted by atomic mass is 10.1. The topological polar surface area (TPSA) is 46.9 Å². The molecule has 0 aliphatic heterocycles. The van der Waals surface area contributed by atoms with Crippen molar-refractivity contribution in [1.29, 1.82) is 0 Å². The second kappa shape index (κ2) is 6.09. The molecule has 0 saturated carbocycles. The summed E-state index contributed by atoms with van der Waals surface area (Å²) < 4.78 is 1.66. The molecule has 1 rings (SSSR count). The third-order valence-corrected chi connectivity index (χ3v) is 2.68. The number of rotatable bonds is 5. The van der Waals surface area contributed by atoms with Crippen LogP contribution in [0, 0.1) is 12.3 Å². The Bertz CT molecular complexity index is 428. The fraction of sp³-hybridized carbons (Fsp3) is 0.538. The zero-order valence-electron chi connectivity index (χ0n) is 10.7. The predicted octanol–water partition coefficient (Wildman–Crippen LogP) is 1.51. The molecule has 1 N–H and O–H groups in total. The van der Waals surface area contributed by atoms with E-state index < -0.39 is 0 Å². The first-order valence-electron chi connectivity index (χ1n) is 5.89. The van der Waals surface area contributed by atoms with E-state index in [-0.39, 0.29) is 11.9 Å². The highest BCUT2D eigenvalue weighted by Crippen LogP contribution is 2.08. The number of nitrogens with one attached hydrogen (secondary N) is 1. The predicted molar refractivity (Wildman–Crippen MR) is 67.6 cm³/mol. The molecular weight excluding hydrogens is 214 g/mol. The monoisotopic (exact) mass is 233 g/mol. The summed E-state index contributed by atoms with van der Waals surface area (Å²) in [6.07, 6.45) is 9.14. The maximum absolute atomic E-state index is 12.0. The van der Waals surface area contributed by atoms with Gasteiger partial charge in [-0.2, -0.15) is 5.10 Å². The van der Waals surface area contributed by atoms with Gasteiger partial charge in [-0.1, -0.05) is 13.8 Å². The van der Waals surface area contributed by atoms with Crippen LogP contribution in [0.4, 0.5) is 0 Å². The van der Waals surface area contributed by atoms with Crippen LogP contribution in [0.5, 0.6) is 0 Å². The van der Waals surface area contributed by atoms with Crippen LogP contribution in [0.1, 0.15) is 42.7 Å². The maximum atomic E-state index is 12.0. The number of carbonyl (C=O) groups excluding carboxylic acids is 1. The number of amides is 1. The smallest absolute Gasteiger partial charge is 0.255 e. The standard InChI is InChI=1S/C13H19N3O/c1-5-8-10(6-2)14-13(17)11-9-16(4)15-12(11)7-3/h1,9-10H,6-8H2,2-4H3,(H,14,17). The third-order valence-electron chi connectivity index (χ3n) is 2.68. The Morgan fingerprint density at radius 2 is 2.35 bits per heavy atom. The number of terminal acetylenes is 1. The van der Waals surface area contributed by atoms with Gasteiger partial charge in [-0.05, 0) is 12.8 Å². The Hall–Kier alpha value is -1.76. The van der Waals surface area contributed by atoms with Crippen LogP contribution in [0.15, 0.2) is 6.20 Å². The maximum Gasteiger partial charge on any atom is 0.255 e. The Kier molecular flexibility index (Phi) is 4.77. The van der Waals surface area contributed by atoms with Crippen molar-refractivity contribution in [3.63, 3.8) is 0 Å². The van der Waals surface area contributed by atoms with E-state index in [2.05, 4.69) is 16.3 Å². The normalized spacial score (nSPS) is 11.9. The second-order valence-corrected chi connectivity index (χ2v) is 4.00. The van der Waals surface area contributed by atoms with E-state index in [1.54, 1.807) is 10.9 Å². The fourth-order valence-corrected chi connectivity index (χ4v) is 1.69. The first-order valence-corrected chi connectivity index (χ1v) is 5.89. The first kappa shape index (κ1) is 13.3. The van der Waals surface area contributed by atoms with Crippen molar-refractivity contribution in [3.8, 4) is 12.3 Å². The van der Waals surface area contributed by atoms with Crippen LogP contribution >= 0.6 is 0 Å². The van der Waals surface area contributed by atoms with Gasteiger partial charge in [0, 0.05) is 25.7 Å². The molecule has 1 unspecified atom stereocenters. The highest BCUT2D eigenvalue weighted by molar-refractivity contribution is 5.95. The summed E-state index contributed by atoms with van der Waals surface area (Å²) in [4.78, 5) is 12.0. The molecule has 0 aliphatic carbocycles. The summed E-state index contributed by atoms with van der Waals surface area (Å²) in [5.74, 6) is 2.49. The summed E-state index contributed by atoms with van der Waals surface area (Å²) in [6.45, 7) is 3.99. The molecule has 4 nitrogen and oxygen atoms in total. The minimum atomic E-state index is -0.0861. The lowest BCUT2D eigenvalue weighted by Crippen LogP contribution is -2.34. The highest BCUT2D eigenvalue weighted by atomic mass is 16.1. The molecule has 1 aromatic heterocycles. The number of carbonyl (C=O) groups is 1. The summed E-state index contributed by atoms with van der Waals surface area (Å²) in [5.41, 5.74) is 1.46. The zero-order chi connectivity index (χ0) is 12.8. The van der Waals surface area contributed by atoms with Gasteiger partial charge in [0.25, 0.3) is 5.91 Å². The Morgan fingerprint density at radius 3 is 2.88 bits per heavy atom. The van der Waals surface area contributed by atoms with Crippen molar-refractivity contribution in [3.05, 3.63) is 17.5 Å². The highest BCUT2D eigenvalue weighted by Gasteiger charge is 2.16. The number of aromatic nitrogens is 2. The van der Waals surface area contributed by atoms with Gasteiger partial charge in [-0.15, -0.1) is 12.3 Å². The van der Waals surface area contributed by atoms with E-state index >= 15 is 0 Å². The van der Waals surface area contributed by atoms with Gasteiger partial charge in [0.2, 0.25) is 0 Å². The molecule has 0 radical (unpaired) electrons. The minimum Gasteiger partial charge on any atom is -0.348 e. The molecule has 17 heavy (non-hydrogen) atoms. The molecule has 0 aromatic carbocycles. The van der Waals surface area contributed by atoms with E-state index in [1.807, 2.05) is 20.9 Å². The van der Waals surface area contributed by atoms with E-state index in [0.717, 1.165) is 18.5 Å². The third kappa shape index (κ3) is 3.35. The van der Waals surface area contributed by atoms with Crippen LogP contribution in [0.25, 0.3) is 0 Å². The minimum absolute atomic E-state index is 0.0393. The van der Waals surface area contributed by atoms with Crippen molar-refractivity contribution in [2.45, 2.75) is 39.2 Å². The quantitative estimate of drug-likeness (QED) is 0.784. The van der Waals surface area contributed by atoms with E-state index in [4.69, 9.17) is 6.42 Å². The SMILES string of the molecule is C#CCC(CC)NC(=O)c1cn(C)nc1CC. The summed E-state index contributed by atoms with van der Waals surface area (Å²) in [5, 5.41) is 7.18. The first-order chi connectivity index (χ1) is 8.12. The van der Waals surface area contributed by atoms with E-state index in [9.17, 15) is 4.79 Å². The van der Waals surface area contributed by atoms with Gasteiger partial charge < -0.3 is 5.32 Å². The number of aryl methyl sites for hydroxylation is 2. The van der Waals surface area contributed by atoms with Gasteiger partial charge in [-0.25, -0.2) is 0 Å². The molecule has 0 fully saturated rings. The molecule has 4 heteroatoms. The second-order valence-electron chi connectivity index (χ2n) is 4.00. The molecular formula is C13H19N3O.